The van der Waals surface area contributed by atoms with Gasteiger partial charge in [-0.3, -0.25) is 9.78 Å². The molecule has 1 aromatic carbocycles. The summed E-state index contributed by atoms with van der Waals surface area (Å²) in [6.07, 6.45) is 2.64. The Hall–Kier alpha value is -2.43. The molecule has 0 amide bonds. The molecule has 19 heavy (non-hydrogen) atoms. The van der Waals surface area contributed by atoms with Gasteiger partial charge in [0.25, 0.3) is 0 Å². The van der Waals surface area contributed by atoms with Crippen molar-refractivity contribution in [3.05, 3.63) is 59.7 Å². The Kier molecular flexibility index (Phi) is 4.07. The zero-order valence-electron chi connectivity index (χ0n) is 10.2. The topological polar surface area (TPSA) is 65.2 Å². The number of rotatable bonds is 4. The van der Waals surface area contributed by atoms with Crippen molar-refractivity contribution in [2.45, 2.75) is 13.0 Å². The van der Waals surface area contributed by atoms with E-state index in [9.17, 15) is 9.18 Å². The van der Waals surface area contributed by atoms with Crippen LogP contribution in [0.5, 0.6) is 0 Å². The largest absolute Gasteiger partial charge is 0.460 e. The van der Waals surface area contributed by atoms with E-state index in [1.807, 2.05) is 0 Å². The molecule has 2 aromatic rings. The fraction of sp³-hybridized carbons (Fsp3) is 0.143. The van der Waals surface area contributed by atoms with E-state index in [4.69, 9.17) is 10.5 Å². The maximum Gasteiger partial charge on any atom is 0.310 e. The minimum Gasteiger partial charge on any atom is -0.460 e. The summed E-state index contributed by atoms with van der Waals surface area (Å²) in [5.74, 6) is -0.872. The SMILES string of the molecule is Nc1ccccc1CC(=O)OCc1cncc(F)c1. The molecular weight excluding hydrogens is 247 g/mol. The summed E-state index contributed by atoms with van der Waals surface area (Å²) in [5, 5.41) is 0. The molecule has 1 heterocycles. The maximum absolute atomic E-state index is 12.9. The van der Waals surface area contributed by atoms with Crippen LogP contribution in [-0.4, -0.2) is 11.0 Å². The second-order valence-corrected chi connectivity index (χ2v) is 4.05. The second kappa shape index (κ2) is 5.95. The van der Waals surface area contributed by atoms with E-state index in [0.717, 1.165) is 6.20 Å². The highest BCUT2D eigenvalue weighted by molar-refractivity contribution is 5.74. The third kappa shape index (κ3) is 3.77. The highest BCUT2D eigenvalue weighted by Crippen LogP contribution is 2.12. The smallest absolute Gasteiger partial charge is 0.310 e. The molecule has 2 N–H and O–H groups in total. The number of para-hydroxylation sites is 1. The molecule has 4 nitrogen and oxygen atoms in total. The number of esters is 1. The average molecular weight is 260 g/mol. The van der Waals surface area contributed by atoms with Crippen molar-refractivity contribution < 1.29 is 13.9 Å². The van der Waals surface area contributed by atoms with Crippen molar-refractivity contribution in [3.8, 4) is 0 Å². The lowest BCUT2D eigenvalue weighted by atomic mass is 10.1. The van der Waals surface area contributed by atoms with Gasteiger partial charge in [0.2, 0.25) is 0 Å². The predicted molar refractivity (Wildman–Crippen MR) is 68.5 cm³/mol. The van der Waals surface area contributed by atoms with Crippen LogP contribution in [0.25, 0.3) is 0 Å². The van der Waals surface area contributed by atoms with Crippen LogP contribution in [0.15, 0.2) is 42.7 Å². The van der Waals surface area contributed by atoms with E-state index in [-0.39, 0.29) is 13.0 Å². The van der Waals surface area contributed by atoms with Crippen LogP contribution in [-0.2, 0) is 22.6 Å². The molecule has 0 aliphatic rings. The number of carbonyl (C=O) groups is 1. The van der Waals surface area contributed by atoms with Crippen LogP contribution >= 0.6 is 0 Å². The fourth-order valence-corrected chi connectivity index (χ4v) is 1.60. The lowest BCUT2D eigenvalue weighted by molar-refractivity contribution is -0.144. The zero-order chi connectivity index (χ0) is 13.7. The van der Waals surface area contributed by atoms with E-state index in [1.54, 1.807) is 24.3 Å². The number of hydrogen-bond acceptors (Lipinski definition) is 4. The molecular formula is C14H13FN2O2. The first-order valence-electron chi connectivity index (χ1n) is 5.73. The lowest BCUT2D eigenvalue weighted by Crippen LogP contribution is -2.09. The van der Waals surface area contributed by atoms with Crippen molar-refractivity contribution in [2.24, 2.45) is 0 Å². The molecule has 0 atom stereocenters. The molecule has 1 aromatic heterocycles. The number of benzene rings is 1. The van der Waals surface area contributed by atoms with Crippen LogP contribution in [0.4, 0.5) is 10.1 Å². The first-order valence-corrected chi connectivity index (χ1v) is 5.73. The zero-order valence-corrected chi connectivity index (χ0v) is 10.2. The average Bonchev–Trinajstić information content (AvgIpc) is 2.39. The van der Waals surface area contributed by atoms with Crippen LogP contribution in [0.3, 0.4) is 0 Å². The molecule has 0 saturated carbocycles. The third-order valence-corrected chi connectivity index (χ3v) is 2.55. The van der Waals surface area contributed by atoms with Gasteiger partial charge in [-0.1, -0.05) is 18.2 Å². The van der Waals surface area contributed by atoms with Gasteiger partial charge in [0.05, 0.1) is 12.6 Å². The van der Waals surface area contributed by atoms with E-state index in [1.165, 1.54) is 12.3 Å². The number of pyridine rings is 1. The number of nitrogen functional groups attached to an aromatic ring is 1. The Balaban J connectivity index is 1.90. The quantitative estimate of drug-likeness (QED) is 0.675. The summed E-state index contributed by atoms with van der Waals surface area (Å²) in [6, 6.07) is 8.36. The third-order valence-electron chi connectivity index (χ3n) is 2.55. The van der Waals surface area contributed by atoms with Gasteiger partial charge < -0.3 is 10.5 Å². The standard InChI is InChI=1S/C14H13FN2O2/c15-12-5-10(7-17-8-12)9-19-14(18)6-11-3-1-2-4-13(11)16/h1-5,7-8H,6,9,16H2. The summed E-state index contributed by atoms with van der Waals surface area (Å²) in [6.45, 7) is -0.00364. The number of carbonyl (C=O) groups excluding carboxylic acids is 1. The summed E-state index contributed by atoms with van der Waals surface area (Å²) < 4.78 is 17.9. The van der Waals surface area contributed by atoms with E-state index in [2.05, 4.69) is 4.98 Å². The van der Waals surface area contributed by atoms with Gasteiger partial charge in [0, 0.05) is 17.4 Å². The van der Waals surface area contributed by atoms with E-state index in [0.29, 0.717) is 16.8 Å². The normalized spacial score (nSPS) is 10.2. The number of nitrogens with zero attached hydrogens (tertiary/aromatic N) is 1. The number of ether oxygens (including phenoxy) is 1. The number of halogens is 1. The number of nitrogens with two attached hydrogens (primary N) is 1. The Morgan fingerprint density at radius 3 is 2.84 bits per heavy atom. The van der Waals surface area contributed by atoms with E-state index >= 15 is 0 Å². The Labute approximate surface area is 110 Å². The van der Waals surface area contributed by atoms with Gasteiger partial charge in [-0.15, -0.1) is 0 Å². The van der Waals surface area contributed by atoms with Crippen LogP contribution in [0, 0.1) is 5.82 Å². The van der Waals surface area contributed by atoms with Gasteiger partial charge in [-0.2, -0.15) is 0 Å². The molecule has 0 unspecified atom stereocenters. The molecule has 98 valence electrons. The van der Waals surface area contributed by atoms with Crippen LogP contribution in [0.2, 0.25) is 0 Å². The minimum atomic E-state index is -0.458. The number of hydrogen-bond donors (Lipinski definition) is 1. The van der Waals surface area contributed by atoms with Crippen molar-refractivity contribution in [1.82, 2.24) is 4.98 Å². The van der Waals surface area contributed by atoms with Gasteiger partial charge >= 0.3 is 5.97 Å². The minimum absolute atomic E-state index is 0.00364. The summed E-state index contributed by atoms with van der Waals surface area (Å²) in [4.78, 5) is 15.3. The predicted octanol–water partition coefficient (Wildman–Crippen LogP) is 2.09. The van der Waals surface area contributed by atoms with Gasteiger partial charge in [-0.05, 0) is 17.7 Å². The first kappa shape index (κ1) is 13.0. The highest BCUT2D eigenvalue weighted by Gasteiger charge is 2.08. The summed E-state index contributed by atoms with van der Waals surface area (Å²) in [7, 11) is 0. The van der Waals surface area contributed by atoms with Gasteiger partial charge in [0.1, 0.15) is 12.4 Å². The molecule has 0 aliphatic heterocycles. The monoisotopic (exact) mass is 260 g/mol. The summed E-state index contributed by atoms with van der Waals surface area (Å²) in [5.41, 5.74) is 7.50. The molecule has 0 radical (unpaired) electrons. The molecule has 0 aliphatic carbocycles. The molecule has 0 saturated heterocycles. The van der Waals surface area contributed by atoms with Crippen LogP contribution in [0.1, 0.15) is 11.1 Å². The van der Waals surface area contributed by atoms with Crippen molar-refractivity contribution >= 4 is 11.7 Å². The molecule has 5 heteroatoms. The summed E-state index contributed by atoms with van der Waals surface area (Å²) >= 11 is 0. The van der Waals surface area contributed by atoms with Crippen molar-refractivity contribution in [2.75, 3.05) is 5.73 Å². The number of anilines is 1. The Bertz CT molecular complexity index is 587. The molecule has 0 spiro atoms. The fourth-order valence-electron chi connectivity index (χ4n) is 1.60. The lowest BCUT2D eigenvalue weighted by Gasteiger charge is -2.06. The number of aromatic nitrogens is 1. The van der Waals surface area contributed by atoms with Crippen molar-refractivity contribution in [1.29, 1.82) is 0 Å². The molecule has 0 fully saturated rings. The first-order chi connectivity index (χ1) is 9.15. The Morgan fingerprint density at radius 2 is 2.11 bits per heavy atom. The van der Waals surface area contributed by atoms with Gasteiger partial charge in [0.15, 0.2) is 0 Å². The van der Waals surface area contributed by atoms with Crippen LogP contribution < -0.4 is 5.73 Å². The van der Waals surface area contributed by atoms with Crippen molar-refractivity contribution in [3.63, 3.8) is 0 Å². The van der Waals surface area contributed by atoms with Gasteiger partial charge in [-0.25, -0.2) is 4.39 Å². The molecule has 0 bridgehead atoms. The molecule has 2 rings (SSSR count). The second-order valence-electron chi connectivity index (χ2n) is 4.05. The highest BCUT2D eigenvalue weighted by atomic mass is 19.1. The van der Waals surface area contributed by atoms with E-state index < -0.39 is 11.8 Å². The maximum atomic E-state index is 12.9. The Morgan fingerprint density at radius 1 is 1.32 bits per heavy atom.